The first-order valence-electron chi connectivity index (χ1n) is 5.42. The van der Waals surface area contributed by atoms with Crippen LogP contribution < -0.4 is 0 Å². The van der Waals surface area contributed by atoms with Gasteiger partial charge in [0, 0.05) is 5.92 Å². The smallest absolute Gasteiger partial charge is 0.450 e. The van der Waals surface area contributed by atoms with Crippen molar-refractivity contribution in [2.24, 2.45) is 17.8 Å². The lowest BCUT2D eigenvalue weighted by Crippen LogP contribution is -2.37. The second kappa shape index (κ2) is 4.67. The predicted molar refractivity (Wildman–Crippen MR) is 54.2 cm³/mol. The van der Waals surface area contributed by atoms with Gasteiger partial charge in [-0.2, -0.15) is 0 Å². The van der Waals surface area contributed by atoms with Gasteiger partial charge in [0.15, 0.2) is 0 Å². The van der Waals surface area contributed by atoms with E-state index in [1.165, 1.54) is 6.42 Å². The summed E-state index contributed by atoms with van der Waals surface area (Å²) in [5.41, 5.74) is 0. The SMILES string of the molecule is CC(C)C1C(C)CCCC1OC(=O)O. The summed E-state index contributed by atoms with van der Waals surface area (Å²) in [6, 6.07) is 0. The zero-order valence-electron chi connectivity index (χ0n) is 9.19. The van der Waals surface area contributed by atoms with E-state index in [1.807, 2.05) is 0 Å². The molecule has 1 saturated carbocycles. The van der Waals surface area contributed by atoms with Gasteiger partial charge in [-0.05, 0) is 24.7 Å². The largest absolute Gasteiger partial charge is 0.506 e. The maximum absolute atomic E-state index is 10.5. The lowest BCUT2D eigenvalue weighted by atomic mass is 9.72. The van der Waals surface area contributed by atoms with Crippen LogP contribution in [0.3, 0.4) is 0 Å². The van der Waals surface area contributed by atoms with E-state index in [2.05, 4.69) is 20.8 Å². The minimum absolute atomic E-state index is 0.0868. The van der Waals surface area contributed by atoms with Crippen molar-refractivity contribution in [3.05, 3.63) is 0 Å². The summed E-state index contributed by atoms with van der Waals surface area (Å²) >= 11 is 0. The molecule has 0 aliphatic heterocycles. The monoisotopic (exact) mass is 200 g/mol. The molecule has 0 bridgehead atoms. The van der Waals surface area contributed by atoms with E-state index in [-0.39, 0.29) is 6.10 Å². The molecule has 0 saturated heterocycles. The van der Waals surface area contributed by atoms with E-state index in [4.69, 9.17) is 9.84 Å². The number of hydrogen-bond acceptors (Lipinski definition) is 2. The second-order valence-electron chi connectivity index (χ2n) is 4.65. The van der Waals surface area contributed by atoms with Gasteiger partial charge in [0.25, 0.3) is 0 Å². The number of ether oxygens (including phenoxy) is 1. The Hall–Kier alpha value is -0.730. The molecule has 82 valence electrons. The van der Waals surface area contributed by atoms with Gasteiger partial charge in [-0.25, -0.2) is 4.79 Å². The Balaban J connectivity index is 2.64. The Bertz CT molecular complexity index is 201. The van der Waals surface area contributed by atoms with Crippen molar-refractivity contribution in [1.29, 1.82) is 0 Å². The third kappa shape index (κ3) is 2.63. The predicted octanol–water partition coefficient (Wildman–Crippen LogP) is 3.14. The molecule has 3 nitrogen and oxygen atoms in total. The maximum atomic E-state index is 10.5. The van der Waals surface area contributed by atoms with Crippen LogP contribution in [-0.2, 0) is 4.74 Å². The lowest BCUT2D eigenvalue weighted by Gasteiger charge is -2.37. The lowest BCUT2D eigenvalue weighted by molar-refractivity contribution is -0.0254. The number of rotatable bonds is 2. The molecule has 1 rings (SSSR count). The molecule has 14 heavy (non-hydrogen) atoms. The first kappa shape index (κ1) is 11.3. The topological polar surface area (TPSA) is 46.5 Å². The fourth-order valence-electron chi connectivity index (χ4n) is 2.75. The highest BCUT2D eigenvalue weighted by Crippen LogP contribution is 2.36. The summed E-state index contributed by atoms with van der Waals surface area (Å²) < 4.78 is 4.95. The van der Waals surface area contributed by atoms with Crippen molar-refractivity contribution in [2.45, 2.75) is 46.1 Å². The van der Waals surface area contributed by atoms with E-state index >= 15 is 0 Å². The Morgan fingerprint density at radius 2 is 2.07 bits per heavy atom. The molecule has 1 aliphatic carbocycles. The van der Waals surface area contributed by atoms with E-state index < -0.39 is 6.16 Å². The van der Waals surface area contributed by atoms with Gasteiger partial charge < -0.3 is 9.84 Å². The van der Waals surface area contributed by atoms with Crippen LogP contribution in [0.15, 0.2) is 0 Å². The van der Waals surface area contributed by atoms with Gasteiger partial charge in [-0.15, -0.1) is 0 Å². The van der Waals surface area contributed by atoms with Crippen LogP contribution in [0.5, 0.6) is 0 Å². The van der Waals surface area contributed by atoms with Crippen LogP contribution in [0.2, 0.25) is 0 Å². The van der Waals surface area contributed by atoms with Gasteiger partial charge in [-0.3, -0.25) is 0 Å². The molecule has 0 amide bonds. The molecule has 0 spiro atoms. The second-order valence-corrected chi connectivity index (χ2v) is 4.65. The zero-order valence-corrected chi connectivity index (χ0v) is 9.19. The molecular formula is C11H20O3. The van der Waals surface area contributed by atoms with Crippen LogP contribution in [0.25, 0.3) is 0 Å². The number of carboxylic acid groups (broad SMARTS) is 1. The Labute approximate surface area is 85.5 Å². The highest BCUT2D eigenvalue weighted by molar-refractivity contribution is 5.57. The Kier molecular flexibility index (Phi) is 3.78. The van der Waals surface area contributed by atoms with Crippen LogP contribution >= 0.6 is 0 Å². The summed E-state index contributed by atoms with van der Waals surface area (Å²) in [4.78, 5) is 10.5. The van der Waals surface area contributed by atoms with Gasteiger partial charge in [0.2, 0.25) is 0 Å². The molecule has 3 heteroatoms. The maximum Gasteiger partial charge on any atom is 0.506 e. The summed E-state index contributed by atoms with van der Waals surface area (Å²) in [5.74, 6) is 1.46. The number of carbonyl (C=O) groups is 1. The van der Waals surface area contributed by atoms with Crippen LogP contribution in [0, 0.1) is 17.8 Å². The molecule has 3 atom stereocenters. The van der Waals surface area contributed by atoms with Crippen LogP contribution in [-0.4, -0.2) is 17.4 Å². The van der Waals surface area contributed by atoms with Crippen molar-refractivity contribution in [2.75, 3.05) is 0 Å². The van der Waals surface area contributed by atoms with E-state index in [9.17, 15) is 4.79 Å². The molecule has 1 aliphatic rings. The van der Waals surface area contributed by atoms with E-state index in [0.717, 1.165) is 12.8 Å². The standard InChI is InChI=1S/C11H20O3/c1-7(2)10-8(3)5-4-6-9(10)14-11(12)13/h7-10H,4-6H2,1-3H3,(H,12,13). The summed E-state index contributed by atoms with van der Waals surface area (Å²) in [6.07, 6.45) is 1.95. The third-order valence-corrected chi connectivity index (χ3v) is 3.26. The van der Waals surface area contributed by atoms with Crippen molar-refractivity contribution in [3.8, 4) is 0 Å². The quantitative estimate of drug-likeness (QED) is 0.696. The summed E-state index contributed by atoms with van der Waals surface area (Å²) in [5, 5.41) is 8.63. The summed E-state index contributed by atoms with van der Waals surface area (Å²) in [7, 11) is 0. The fraction of sp³-hybridized carbons (Fsp3) is 0.909. The van der Waals surface area contributed by atoms with Crippen molar-refractivity contribution >= 4 is 6.16 Å². The van der Waals surface area contributed by atoms with Crippen molar-refractivity contribution in [3.63, 3.8) is 0 Å². The van der Waals surface area contributed by atoms with Crippen molar-refractivity contribution < 1.29 is 14.6 Å². The minimum atomic E-state index is -1.13. The highest BCUT2D eigenvalue weighted by Gasteiger charge is 2.35. The van der Waals surface area contributed by atoms with Gasteiger partial charge >= 0.3 is 6.16 Å². The van der Waals surface area contributed by atoms with Gasteiger partial charge in [0.1, 0.15) is 6.10 Å². The minimum Gasteiger partial charge on any atom is -0.450 e. The highest BCUT2D eigenvalue weighted by atomic mass is 16.7. The van der Waals surface area contributed by atoms with Gasteiger partial charge in [0.05, 0.1) is 0 Å². The molecular weight excluding hydrogens is 180 g/mol. The van der Waals surface area contributed by atoms with E-state index in [0.29, 0.717) is 17.8 Å². The Morgan fingerprint density at radius 3 is 2.57 bits per heavy atom. The molecule has 0 aromatic carbocycles. The first-order valence-corrected chi connectivity index (χ1v) is 5.42. The fourth-order valence-corrected chi connectivity index (χ4v) is 2.75. The summed E-state index contributed by atoms with van der Waals surface area (Å²) in [6.45, 7) is 6.48. The molecule has 0 aromatic rings. The van der Waals surface area contributed by atoms with Gasteiger partial charge in [-0.1, -0.05) is 27.2 Å². The molecule has 0 aromatic heterocycles. The molecule has 1 N–H and O–H groups in total. The Morgan fingerprint density at radius 1 is 1.43 bits per heavy atom. The first-order chi connectivity index (χ1) is 6.52. The molecule has 3 unspecified atom stereocenters. The average Bonchev–Trinajstić information content (AvgIpc) is 2.01. The molecule has 0 radical (unpaired) electrons. The average molecular weight is 200 g/mol. The van der Waals surface area contributed by atoms with Crippen molar-refractivity contribution in [1.82, 2.24) is 0 Å². The van der Waals surface area contributed by atoms with Crippen LogP contribution in [0.4, 0.5) is 4.79 Å². The zero-order chi connectivity index (χ0) is 10.7. The van der Waals surface area contributed by atoms with Crippen LogP contribution in [0.1, 0.15) is 40.0 Å². The normalized spacial score (nSPS) is 33.0. The third-order valence-electron chi connectivity index (χ3n) is 3.26. The molecule has 1 fully saturated rings. The molecule has 0 heterocycles. The number of hydrogen-bond donors (Lipinski definition) is 1. The van der Waals surface area contributed by atoms with E-state index in [1.54, 1.807) is 0 Å².